The summed E-state index contributed by atoms with van der Waals surface area (Å²) >= 11 is 0. The Kier molecular flexibility index (Phi) is 7.66. The molecule has 3 aromatic rings. The summed E-state index contributed by atoms with van der Waals surface area (Å²) in [5.41, 5.74) is -1.56. The van der Waals surface area contributed by atoms with Gasteiger partial charge in [0, 0.05) is 30.6 Å². The molecule has 1 aromatic heterocycles. The van der Waals surface area contributed by atoms with Crippen molar-refractivity contribution in [1.82, 2.24) is 9.88 Å². The van der Waals surface area contributed by atoms with Crippen molar-refractivity contribution < 1.29 is 41.8 Å². The third kappa shape index (κ3) is 6.57. The van der Waals surface area contributed by atoms with E-state index in [4.69, 9.17) is 9.15 Å². The van der Waals surface area contributed by atoms with Crippen molar-refractivity contribution in [2.75, 3.05) is 18.4 Å². The van der Waals surface area contributed by atoms with E-state index in [1.54, 1.807) is 23.1 Å². The highest BCUT2D eigenvalue weighted by atomic mass is 19.4. The molecule has 1 saturated heterocycles. The lowest BCUT2D eigenvalue weighted by Gasteiger charge is -2.23. The lowest BCUT2D eigenvalue weighted by Crippen LogP contribution is -2.36. The second-order valence-electron chi connectivity index (χ2n) is 9.77. The van der Waals surface area contributed by atoms with Crippen LogP contribution in [-0.4, -0.2) is 52.0 Å². The zero-order valence-corrected chi connectivity index (χ0v) is 21.1. The number of aliphatic carboxylic acids is 1. The zero-order chi connectivity index (χ0) is 28.4. The lowest BCUT2D eigenvalue weighted by molar-refractivity contribution is -0.153. The van der Waals surface area contributed by atoms with Crippen LogP contribution in [0.5, 0.6) is 5.75 Å². The van der Waals surface area contributed by atoms with E-state index in [0.29, 0.717) is 30.8 Å². The molecule has 1 aliphatic rings. The van der Waals surface area contributed by atoms with Crippen molar-refractivity contribution in [2.24, 2.45) is 5.41 Å². The van der Waals surface area contributed by atoms with Crippen LogP contribution in [0.15, 0.2) is 59.0 Å². The van der Waals surface area contributed by atoms with Crippen LogP contribution < -0.4 is 10.1 Å². The molecule has 2 heterocycles. The first kappa shape index (κ1) is 27.7. The summed E-state index contributed by atoms with van der Waals surface area (Å²) in [5, 5.41) is 11.6. The number of aromatic nitrogens is 1. The van der Waals surface area contributed by atoms with Gasteiger partial charge in [-0.2, -0.15) is 13.2 Å². The fourth-order valence-corrected chi connectivity index (χ4v) is 3.99. The van der Waals surface area contributed by atoms with Gasteiger partial charge in [-0.25, -0.2) is 4.98 Å². The molecule has 2 amide bonds. The number of amides is 2. The predicted molar refractivity (Wildman–Crippen MR) is 133 cm³/mol. The smallest absolute Gasteiger partial charge is 0.452 e. The first-order valence-corrected chi connectivity index (χ1v) is 12.1. The molecular weight excluding hydrogens is 519 g/mol. The molecule has 206 valence electrons. The molecule has 12 heteroatoms. The van der Waals surface area contributed by atoms with Gasteiger partial charge in [-0.05, 0) is 50.2 Å². The van der Waals surface area contributed by atoms with E-state index in [-0.39, 0.29) is 30.0 Å². The maximum atomic E-state index is 13.5. The molecule has 4 rings (SSSR count). The monoisotopic (exact) mass is 545 g/mol. The van der Waals surface area contributed by atoms with Gasteiger partial charge in [-0.3, -0.25) is 14.4 Å². The number of carbonyl (C=O) groups excluding carboxylic acids is 2. The van der Waals surface area contributed by atoms with Gasteiger partial charge in [0.2, 0.25) is 17.6 Å². The first-order valence-electron chi connectivity index (χ1n) is 12.1. The number of nitrogens with one attached hydrogen (secondary N) is 1. The van der Waals surface area contributed by atoms with Gasteiger partial charge in [-0.15, -0.1) is 0 Å². The minimum absolute atomic E-state index is 0.127. The van der Waals surface area contributed by atoms with Gasteiger partial charge in [0.15, 0.2) is 5.69 Å². The Balaban J connectivity index is 1.38. The number of hydrogen-bond donors (Lipinski definition) is 2. The molecule has 1 aliphatic heterocycles. The summed E-state index contributed by atoms with van der Waals surface area (Å²) in [6.45, 7) is 3.71. The Morgan fingerprint density at radius 2 is 1.77 bits per heavy atom. The molecular formula is C27H26F3N3O6. The van der Waals surface area contributed by atoms with Crippen molar-refractivity contribution in [3.05, 3.63) is 66.1 Å². The Hall–Kier alpha value is -4.35. The SMILES string of the molecule is CC(C)(CC(=O)N1CCC(Oc2ccc(NC(=O)c3nc(-c4ccccc4)oc3C(F)(F)F)cc2)C1)C(=O)O. The van der Waals surface area contributed by atoms with Gasteiger partial charge < -0.3 is 24.5 Å². The van der Waals surface area contributed by atoms with E-state index >= 15 is 0 Å². The number of carboxylic acids is 1. The molecule has 1 atom stereocenters. The number of hydrogen-bond acceptors (Lipinski definition) is 6. The van der Waals surface area contributed by atoms with Crippen LogP contribution in [0.25, 0.3) is 11.5 Å². The number of halogens is 3. The average molecular weight is 546 g/mol. The maximum Gasteiger partial charge on any atom is 0.452 e. The topological polar surface area (TPSA) is 122 Å². The minimum Gasteiger partial charge on any atom is -0.489 e. The lowest BCUT2D eigenvalue weighted by atomic mass is 9.89. The van der Waals surface area contributed by atoms with Crippen LogP contribution in [0.4, 0.5) is 18.9 Å². The summed E-state index contributed by atoms with van der Waals surface area (Å²) in [7, 11) is 0. The van der Waals surface area contributed by atoms with E-state index in [0.717, 1.165) is 0 Å². The van der Waals surface area contributed by atoms with Crippen LogP contribution in [0.3, 0.4) is 0 Å². The molecule has 1 unspecified atom stereocenters. The number of rotatable bonds is 8. The van der Waals surface area contributed by atoms with Crippen LogP contribution in [-0.2, 0) is 15.8 Å². The number of carbonyl (C=O) groups is 3. The Morgan fingerprint density at radius 1 is 1.10 bits per heavy atom. The second-order valence-corrected chi connectivity index (χ2v) is 9.77. The van der Waals surface area contributed by atoms with Gasteiger partial charge in [0.25, 0.3) is 5.91 Å². The zero-order valence-electron chi connectivity index (χ0n) is 21.1. The standard InChI is InChI=1S/C27H26F3N3O6/c1-26(2,25(36)37)14-20(34)33-13-12-19(15-33)38-18-10-8-17(9-11-18)31-23(35)21-22(27(28,29)30)39-24(32-21)16-6-4-3-5-7-16/h3-11,19H,12-15H2,1-2H3,(H,31,35)(H,36,37). The number of alkyl halides is 3. The van der Waals surface area contributed by atoms with Crippen molar-refractivity contribution in [1.29, 1.82) is 0 Å². The molecule has 1 fully saturated rings. The second kappa shape index (κ2) is 10.8. The molecule has 39 heavy (non-hydrogen) atoms. The third-order valence-electron chi connectivity index (χ3n) is 6.21. The molecule has 0 aliphatic carbocycles. The van der Waals surface area contributed by atoms with Crippen LogP contribution in [0.2, 0.25) is 0 Å². The van der Waals surface area contributed by atoms with E-state index in [9.17, 15) is 32.7 Å². The number of oxazole rings is 1. The first-order chi connectivity index (χ1) is 18.3. The van der Waals surface area contributed by atoms with E-state index < -0.39 is 34.9 Å². The Bertz CT molecular complexity index is 1350. The van der Waals surface area contributed by atoms with Crippen molar-refractivity contribution >= 4 is 23.5 Å². The molecule has 0 spiro atoms. The van der Waals surface area contributed by atoms with Gasteiger partial charge in [0.1, 0.15) is 11.9 Å². The summed E-state index contributed by atoms with van der Waals surface area (Å²) in [6.07, 6.45) is -4.82. The number of carboxylic acid groups (broad SMARTS) is 1. The van der Waals surface area contributed by atoms with Gasteiger partial charge >= 0.3 is 12.1 Å². The fourth-order valence-electron chi connectivity index (χ4n) is 3.99. The van der Waals surface area contributed by atoms with Crippen molar-refractivity contribution in [3.8, 4) is 17.2 Å². The van der Waals surface area contributed by atoms with E-state index in [1.165, 1.54) is 50.2 Å². The molecule has 2 N–H and O–H groups in total. The third-order valence-corrected chi connectivity index (χ3v) is 6.21. The van der Waals surface area contributed by atoms with Crippen LogP contribution in [0.1, 0.15) is 42.9 Å². The van der Waals surface area contributed by atoms with Crippen LogP contribution >= 0.6 is 0 Å². The largest absolute Gasteiger partial charge is 0.489 e. The molecule has 0 saturated carbocycles. The fraction of sp³-hybridized carbons (Fsp3) is 0.333. The predicted octanol–water partition coefficient (Wildman–Crippen LogP) is 5.09. The Morgan fingerprint density at radius 3 is 2.38 bits per heavy atom. The maximum absolute atomic E-state index is 13.5. The van der Waals surface area contributed by atoms with E-state index in [2.05, 4.69) is 10.3 Å². The minimum atomic E-state index is -4.93. The number of likely N-dealkylation sites (tertiary alicyclic amines) is 1. The molecule has 0 bridgehead atoms. The molecule has 0 radical (unpaired) electrons. The summed E-state index contributed by atoms with van der Waals surface area (Å²) in [4.78, 5) is 41.8. The van der Waals surface area contributed by atoms with Gasteiger partial charge in [0.05, 0.1) is 12.0 Å². The number of benzene rings is 2. The van der Waals surface area contributed by atoms with Gasteiger partial charge in [-0.1, -0.05) is 18.2 Å². The normalized spacial score (nSPS) is 15.7. The summed E-state index contributed by atoms with van der Waals surface area (Å²) in [6, 6.07) is 13.9. The quantitative estimate of drug-likeness (QED) is 0.404. The summed E-state index contributed by atoms with van der Waals surface area (Å²) in [5.74, 6) is -3.80. The molecule has 2 aromatic carbocycles. The van der Waals surface area contributed by atoms with Crippen molar-refractivity contribution in [2.45, 2.75) is 39.0 Å². The highest BCUT2D eigenvalue weighted by molar-refractivity contribution is 6.04. The number of anilines is 1. The number of ether oxygens (including phenoxy) is 1. The Labute approximate surface area is 221 Å². The van der Waals surface area contributed by atoms with E-state index in [1.807, 2.05) is 0 Å². The molecule has 9 nitrogen and oxygen atoms in total. The number of nitrogens with zero attached hydrogens (tertiary/aromatic N) is 2. The average Bonchev–Trinajstić information content (AvgIpc) is 3.53. The van der Waals surface area contributed by atoms with Crippen molar-refractivity contribution in [3.63, 3.8) is 0 Å². The van der Waals surface area contributed by atoms with Crippen LogP contribution in [0, 0.1) is 5.41 Å². The highest BCUT2D eigenvalue weighted by Gasteiger charge is 2.42. The summed E-state index contributed by atoms with van der Waals surface area (Å²) < 4.78 is 51.4. The highest BCUT2D eigenvalue weighted by Crippen LogP contribution is 2.35.